The molecule has 76 valence electrons. The maximum absolute atomic E-state index is 11.1. The van der Waals surface area contributed by atoms with Gasteiger partial charge in [0, 0.05) is 0 Å². The molecule has 0 aromatic rings. The van der Waals surface area contributed by atoms with Gasteiger partial charge < -0.3 is 10.8 Å². The number of hydrogen-bond donors (Lipinski definition) is 2. The fraction of sp³-hybridized carbons (Fsp3) is 0.900. The van der Waals surface area contributed by atoms with E-state index in [1.54, 1.807) is 0 Å². The summed E-state index contributed by atoms with van der Waals surface area (Å²) in [5.74, 6) is -0.335. The Labute approximate surface area is 79.3 Å². The predicted molar refractivity (Wildman–Crippen MR) is 51.4 cm³/mol. The molecule has 0 aliphatic heterocycles. The van der Waals surface area contributed by atoms with Crippen molar-refractivity contribution in [3.05, 3.63) is 0 Å². The van der Waals surface area contributed by atoms with Crippen LogP contribution in [0.5, 0.6) is 0 Å². The topological polar surface area (TPSA) is 63.3 Å². The number of carboxylic acid groups (broad SMARTS) is 1. The molecule has 0 aromatic carbocycles. The summed E-state index contributed by atoms with van der Waals surface area (Å²) >= 11 is 0. The van der Waals surface area contributed by atoms with Crippen LogP contribution in [0.2, 0.25) is 0 Å². The van der Waals surface area contributed by atoms with Gasteiger partial charge in [0.1, 0.15) is 0 Å². The lowest BCUT2D eigenvalue weighted by Gasteiger charge is -2.30. The highest BCUT2D eigenvalue weighted by atomic mass is 16.4. The Morgan fingerprint density at radius 3 is 2.46 bits per heavy atom. The summed E-state index contributed by atoms with van der Waals surface area (Å²) in [4.78, 5) is 11.1. The van der Waals surface area contributed by atoms with Crippen molar-refractivity contribution < 1.29 is 9.90 Å². The summed E-state index contributed by atoms with van der Waals surface area (Å²) in [7, 11) is 0. The van der Waals surface area contributed by atoms with Gasteiger partial charge >= 0.3 is 5.97 Å². The molecule has 3 N–H and O–H groups in total. The summed E-state index contributed by atoms with van der Waals surface area (Å²) in [5, 5.41) is 9.17. The second-order valence-corrected chi connectivity index (χ2v) is 4.24. The van der Waals surface area contributed by atoms with E-state index in [1.165, 1.54) is 12.8 Å². The molecule has 1 saturated carbocycles. The van der Waals surface area contributed by atoms with Crippen molar-refractivity contribution in [1.29, 1.82) is 0 Å². The Morgan fingerprint density at radius 1 is 1.54 bits per heavy atom. The zero-order valence-electron chi connectivity index (χ0n) is 8.25. The molecule has 0 radical (unpaired) electrons. The lowest BCUT2D eigenvalue weighted by Crippen LogP contribution is -2.36. The molecule has 3 nitrogen and oxygen atoms in total. The van der Waals surface area contributed by atoms with Gasteiger partial charge in [0.25, 0.3) is 0 Å². The van der Waals surface area contributed by atoms with Gasteiger partial charge in [0.05, 0.1) is 5.41 Å². The van der Waals surface area contributed by atoms with E-state index in [9.17, 15) is 4.79 Å². The highest BCUT2D eigenvalue weighted by Crippen LogP contribution is 2.42. The molecule has 13 heavy (non-hydrogen) atoms. The first-order valence-corrected chi connectivity index (χ1v) is 5.04. The van der Waals surface area contributed by atoms with E-state index in [1.807, 2.05) is 6.92 Å². The molecule has 1 aliphatic rings. The summed E-state index contributed by atoms with van der Waals surface area (Å²) in [6.07, 6.45) is 5.08. The van der Waals surface area contributed by atoms with Crippen LogP contribution in [-0.2, 0) is 4.79 Å². The molecule has 1 fully saturated rings. The first-order chi connectivity index (χ1) is 6.11. The third kappa shape index (κ3) is 2.02. The van der Waals surface area contributed by atoms with Crippen molar-refractivity contribution in [2.45, 2.75) is 39.0 Å². The summed E-state index contributed by atoms with van der Waals surface area (Å²) in [6.45, 7) is 2.32. The normalized spacial score (nSPS) is 22.9. The van der Waals surface area contributed by atoms with Gasteiger partial charge in [0.15, 0.2) is 0 Å². The molecule has 0 spiro atoms. The molecule has 0 aromatic heterocycles. The molecular weight excluding hydrogens is 166 g/mol. The molecule has 0 heterocycles. The number of aliphatic carboxylic acids is 1. The Bertz CT molecular complexity index is 187. The monoisotopic (exact) mass is 185 g/mol. The average Bonchev–Trinajstić information content (AvgIpc) is 2.56. The number of carbonyl (C=O) groups is 1. The van der Waals surface area contributed by atoms with Gasteiger partial charge in [-0.1, -0.05) is 12.8 Å². The second kappa shape index (κ2) is 4.09. The highest BCUT2D eigenvalue weighted by Gasteiger charge is 2.41. The molecule has 0 saturated heterocycles. The van der Waals surface area contributed by atoms with Gasteiger partial charge in [-0.05, 0) is 38.6 Å². The van der Waals surface area contributed by atoms with E-state index in [2.05, 4.69) is 0 Å². The van der Waals surface area contributed by atoms with Crippen molar-refractivity contribution in [3.63, 3.8) is 0 Å². The zero-order chi connectivity index (χ0) is 9.90. The fourth-order valence-corrected chi connectivity index (χ4v) is 2.35. The van der Waals surface area contributed by atoms with E-state index in [0.717, 1.165) is 12.8 Å². The maximum atomic E-state index is 11.1. The lowest BCUT2D eigenvalue weighted by molar-refractivity contribution is -0.151. The van der Waals surface area contributed by atoms with E-state index in [-0.39, 0.29) is 0 Å². The van der Waals surface area contributed by atoms with E-state index in [0.29, 0.717) is 18.9 Å². The van der Waals surface area contributed by atoms with Crippen LogP contribution in [0, 0.1) is 11.3 Å². The quantitative estimate of drug-likeness (QED) is 0.699. The molecule has 1 atom stereocenters. The first kappa shape index (κ1) is 10.5. The number of hydrogen-bond acceptors (Lipinski definition) is 2. The third-order valence-electron chi connectivity index (χ3n) is 3.41. The van der Waals surface area contributed by atoms with Crippen LogP contribution < -0.4 is 5.73 Å². The van der Waals surface area contributed by atoms with Crippen molar-refractivity contribution in [1.82, 2.24) is 0 Å². The van der Waals surface area contributed by atoms with E-state index >= 15 is 0 Å². The molecule has 0 amide bonds. The minimum Gasteiger partial charge on any atom is -0.481 e. The van der Waals surface area contributed by atoms with E-state index < -0.39 is 11.4 Å². The minimum absolute atomic E-state index is 0.341. The van der Waals surface area contributed by atoms with Crippen LogP contribution >= 0.6 is 0 Å². The average molecular weight is 185 g/mol. The van der Waals surface area contributed by atoms with Gasteiger partial charge in [0.2, 0.25) is 0 Å². The molecule has 1 rings (SSSR count). The molecule has 3 heteroatoms. The Morgan fingerprint density at radius 2 is 2.08 bits per heavy atom. The standard InChI is InChI=1S/C10H19NO2/c1-10(6-7-11,9(12)13)8-4-2-3-5-8/h8H,2-7,11H2,1H3,(H,12,13). The predicted octanol–water partition coefficient (Wildman–Crippen LogP) is 1.62. The van der Waals surface area contributed by atoms with Crippen molar-refractivity contribution in [3.8, 4) is 0 Å². The maximum Gasteiger partial charge on any atom is 0.309 e. The van der Waals surface area contributed by atoms with Crippen LogP contribution in [0.25, 0.3) is 0 Å². The Kier molecular flexibility index (Phi) is 3.31. The van der Waals surface area contributed by atoms with Crippen molar-refractivity contribution >= 4 is 5.97 Å². The van der Waals surface area contributed by atoms with Gasteiger partial charge in [-0.3, -0.25) is 4.79 Å². The van der Waals surface area contributed by atoms with Gasteiger partial charge in [-0.15, -0.1) is 0 Å². The number of rotatable bonds is 4. The van der Waals surface area contributed by atoms with Gasteiger partial charge in [-0.25, -0.2) is 0 Å². The zero-order valence-corrected chi connectivity index (χ0v) is 8.25. The van der Waals surface area contributed by atoms with Gasteiger partial charge in [-0.2, -0.15) is 0 Å². The number of carboxylic acids is 1. The summed E-state index contributed by atoms with van der Waals surface area (Å²) in [6, 6.07) is 0. The molecule has 1 unspecified atom stereocenters. The Hall–Kier alpha value is -0.570. The van der Waals surface area contributed by atoms with Crippen LogP contribution in [0.15, 0.2) is 0 Å². The Balaban J connectivity index is 2.69. The van der Waals surface area contributed by atoms with Crippen molar-refractivity contribution in [2.24, 2.45) is 17.1 Å². The minimum atomic E-state index is -0.676. The largest absolute Gasteiger partial charge is 0.481 e. The van der Waals surface area contributed by atoms with Crippen LogP contribution in [-0.4, -0.2) is 17.6 Å². The van der Waals surface area contributed by atoms with Crippen LogP contribution in [0.4, 0.5) is 0 Å². The summed E-state index contributed by atoms with van der Waals surface area (Å²) < 4.78 is 0. The second-order valence-electron chi connectivity index (χ2n) is 4.24. The van der Waals surface area contributed by atoms with Crippen molar-refractivity contribution in [2.75, 3.05) is 6.54 Å². The lowest BCUT2D eigenvalue weighted by atomic mass is 9.73. The smallest absolute Gasteiger partial charge is 0.309 e. The van der Waals surface area contributed by atoms with Crippen LogP contribution in [0.3, 0.4) is 0 Å². The molecular formula is C10H19NO2. The van der Waals surface area contributed by atoms with E-state index in [4.69, 9.17) is 10.8 Å². The third-order valence-corrected chi connectivity index (χ3v) is 3.41. The SMILES string of the molecule is CC(CCN)(C(=O)O)C1CCCC1. The fourth-order valence-electron chi connectivity index (χ4n) is 2.35. The number of nitrogens with two attached hydrogens (primary N) is 1. The summed E-state index contributed by atoms with van der Waals surface area (Å²) in [5.41, 5.74) is 4.88. The first-order valence-electron chi connectivity index (χ1n) is 5.04. The molecule has 0 bridgehead atoms. The highest BCUT2D eigenvalue weighted by molar-refractivity contribution is 5.74. The van der Waals surface area contributed by atoms with Crippen LogP contribution in [0.1, 0.15) is 39.0 Å². The molecule has 1 aliphatic carbocycles.